The molecule has 0 radical (unpaired) electrons. The van der Waals surface area contributed by atoms with Crippen molar-refractivity contribution in [2.75, 3.05) is 0 Å². The van der Waals surface area contributed by atoms with Crippen LogP contribution in [0.4, 0.5) is 13.2 Å². The highest BCUT2D eigenvalue weighted by Gasteiger charge is 2.33. The van der Waals surface area contributed by atoms with E-state index in [-0.39, 0.29) is 5.75 Å². The Morgan fingerprint density at radius 3 is 2.00 bits per heavy atom. The van der Waals surface area contributed by atoms with Gasteiger partial charge in [-0.25, -0.2) is 9.97 Å². The molecule has 1 N–H and O–H groups in total. The minimum Gasteiger partial charge on any atom is -0.406 e. The second kappa shape index (κ2) is 10.4. The Morgan fingerprint density at radius 1 is 0.857 bits per heavy atom. The molecule has 0 saturated heterocycles. The van der Waals surface area contributed by atoms with E-state index < -0.39 is 12.0 Å². The van der Waals surface area contributed by atoms with Crippen molar-refractivity contribution >= 4 is 0 Å². The van der Waals surface area contributed by atoms with Gasteiger partial charge < -0.3 is 9.84 Å². The molecule has 0 bridgehead atoms. The molecule has 154 valence electrons. The first kappa shape index (κ1) is 22.1. The third-order valence-corrected chi connectivity index (χ3v) is 4.75. The summed E-state index contributed by atoms with van der Waals surface area (Å²) in [5.41, 5.74) is -0.352. The second-order valence-electron chi connectivity index (χ2n) is 6.93. The zero-order valence-corrected chi connectivity index (χ0v) is 16.1. The molecule has 1 aromatic heterocycles. The van der Waals surface area contributed by atoms with Crippen LogP contribution < -0.4 is 4.74 Å². The van der Waals surface area contributed by atoms with Crippen molar-refractivity contribution in [3.63, 3.8) is 0 Å². The van der Waals surface area contributed by atoms with Crippen molar-refractivity contribution < 1.29 is 23.0 Å². The standard InChI is InChI=1S/C21H27F3N2O2/c1-2-3-4-5-6-7-8-13-20(27,18-14-25-16-26-15-18)17-9-11-19(12-10-17)28-21(22,23)24/h9-12,14-16,27H,2-8,13H2,1H3. The van der Waals surface area contributed by atoms with Crippen LogP contribution in [0.1, 0.15) is 69.4 Å². The van der Waals surface area contributed by atoms with E-state index in [0.717, 1.165) is 19.3 Å². The molecular formula is C21H27F3N2O2. The highest BCUT2D eigenvalue weighted by atomic mass is 19.4. The molecule has 0 fully saturated rings. The van der Waals surface area contributed by atoms with Crippen LogP contribution in [0.5, 0.6) is 5.75 Å². The van der Waals surface area contributed by atoms with Crippen molar-refractivity contribution in [3.8, 4) is 5.75 Å². The molecule has 2 aromatic rings. The van der Waals surface area contributed by atoms with E-state index in [0.29, 0.717) is 17.5 Å². The quantitative estimate of drug-likeness (QED) is 0.491. The Kier molecular flexibility index (Phi) is 8.23. The largest absolute Gasteiger partial charge is 0.573 e. The maximum Gasteiger partial charge on any atom is 0.573 e. The number of aromatic nitrogens is 2. The number of unbranched alkanes of at least 4 members (excludes halogenated alkanes) is 6. The van der Waals surface area contributed by atoms with Crippen LogP contribution in [0.3, 0.4) is 0 Å². The number of hydrogen-bond donors (Lipinski definition) is 1. The second-order valence-corrected chi connectivity index (χ2v) is 6.93. The molecule has 28 heavy (non-hydrogen) atoms. The van der Waals surface area contributed by atoms with E-state index in [1.165, 1.54) is 68.7 Å². The summed E-state index contributed by atoms with van der Waals surface area (Å²) in [4.78, 5) is 7.95. The fourth-order valence-corrected chi connectivity index (χ4v) is 3.24. The molecule has 1 unspecified atom stereocenters. The van der Waals surface area contributed by atoms with Crippen LogP contribution in [0.25, 0.3) is 0 Å². The molecule has 1 aromatic carbocycles. The Hall–Kier alpha value is -2.15. The molecule has 0 aliphatic carbocycles. The van der Waals surface area contributed by atoms with Gasteiger partial charge in [0, 0.05) is 18.0 Å². The summed E-state index contributed by atoms with van der Waals surface area (Å²) in [6.45, 7) is 2.17. The summed E-state index contributed by atoms with van der Waals surface area (Å²) in [5.74, 6) is -0.321. The monoisotopic (exact) mass is 396 g/mol. The summed E-state index contributed by atoms with van der Waals surface area (Å²) in [7, 11) is 0. The van der Waals surface area contributed by atoms with Crippen LogP contribution in [0, 0.1) is 0 Å². The van der Waals surface area contributed by atoms with E-state index in [1.54, 1.807) is 0 Å². The van der Waals surface area contributed by atoms with E-state index >= 15 is 0 Å². The number of ether oxygens (including phenoxy) is 1. The van der Waals surface area contributed by atoms with Crippen LogP contribution >= 0.6 is 0 Å². The minimum atomic E-state index is -4.75. The minimum absolute atomic E-state index is 0.321. The average Bonchev–Trinajstić information content (AvgIpc) is 2.67. The van der Waals surface area contributed by atoms with Gasteiger partial charge in [0.15, 0.2) is 0 Å². The number of benzene rings is 1. The van der Waals surface area contributed by atoms with Crippen molar-refractivity contribution in [2.45, 2.75) is 70.3 Å². The molecule has 2 rings (SSSR count). The van der Waals surface area contributed by atoms with Gasteiger partial charge in [0.1, 0.15) is 17.7 Å². The molecule has 7 heteroatoms. The topological polar surface area (TPSA) is 55.2 Å². The number of rotatable bonds is 11. The van der Waals surface area contributed by atoms with Crippen molar-refractivity contribution in [2.24, 2.45) is 0 Å². The summed E-state index contributed by atoms with van der Waals surface area (Å²) < 4.78 is 41.0. The summed E-state index contributed by atoms with van der Waals surface area (Å²) in [5, 5.41) is 11.4. The molecule has 4 nitrogen and oxygen atoms in total. The lowest BCUT2D eigenvalue weighted by molar-refractivity contribution is -0.274. The fourth-order valence-electron chi connectivity index (χ4n) is 3.24. The fraction of sp³-hybridized carbons (Fsp3) is 0.524. The van der Waals surface area contributed by atoms with Gasteiger partial charge in [0.2, 0.25) is 0 Å². The van der Waals surface area contributed by atoms with Crippen LogP contribution in [-0.4, -0.2) is 21.4 Å². The number of nitrogens with zero attached hydrogens (tertiary/aromatic N) is 2. The Balaban J connectivity index is 2.09. The lowest BCUT2D eigenvalue weighted by Gasteiger charge is -2.29. The Morgan fingerprint density at radius 2 is 1.43 bits per heavy atom. The maximum atomic E-state index is 12.4. The molecule has 1 heterocycles. The number of halogens is 3. The number of aliphatic hydroxyl groups is 1. The Labute approximate surface area is 163 Å². The van der Waals surface area contributed by atoms with Crippen LogP contribution in [-0.2, 0) is 5.60 Å². The lowest BCUT2D eigenvalue weighted by Crippen LogP contribution is -2.28. The van der Waals surface area contributed by atoms with E-state index in [4.69, 9.17) is 0 Å². The van der Waals surface area contributed by atoms with Gasteiger partial charge in [0.05, 0.1) is 0 Å². The number of hydrogen-bond acceptors (Lipinski definition) is 4. The van der Waals surface area contributed by atoms with E-state index in [1.807, 2.05) is 0 Å². The first-order valence-electron chi connectivity index (χ1n) is 9.69. The van der Waals surface area contributed by atoms with Gasteiger partial charge in [-0.15, -0.1) is 13.2 Å². The average molecular weight is 396 g/mol. The highest BCUT2D eigenvalue weighted by Crippen LogP contribution is 2.35. The first-order chi connectivity index (χ1) is 13.3. The number of alkyl halides is 3. The van der Waals surface area contributed by atoms with Crippen LogP contribution in [0.15, 0.2) is 43.0 Å². The highest BCUT2D eigenvalue weighted by molar-refractivity contribution is 5.37. The molecule has 0 spiro atoms. The van der Waals surface area contributed by atoms with E-state index in [2.05, 4.69) is 21.6 Å². The third kappa shape index (κ3) is 6.78. The van der Waals surface area contributed by atoms with Gasteiger partial charge in [-0.2, -0.15) is 0 Å². The summed E-state index contributed by atoms with van der Waals surface area (Å²) >= 11 is 0. The molecular weight excluding hydrogens is 369 g/mol. The molecule has 1 atom stereocenters. The lowest BCUT2D eigenvalue weighted by atomic mass is 9.83. The van der Waals surface area contributed by atoms with Crippen molar-refractivity contribution in [1.82, 2.24) is 9.97 Å². The normalized spacial score (nSPS) is 13.9. The predicted molar refractivity (Wildman–Crippen MR) is 101 cm³/mol. The summed E-state index contributed by atoms with van der Waals surface area (Å²) in [6.07, 6.45) is 7.82. The zero-order chi connectivity index (χ0) is 20.5. The zero-order valence-electron chi connectivity index (χ0n) is 16.1. The van der Waals surface area contributed by atoms with Gasteiger partial charge in [-0.3, -0.25) is 0 Å². The molecule has 0 aliphatic heterocycles. The maximum absolute atomic E-state index is 12.4. The first-order valence-corrected chi connectivity index (χ1v) is 9.69. The van der Waals surface area contributed by atoms with Gasteiger partial charge in [-0.1, -0.05) is 57.6 Å². The SMILES string of the molecule is CCCCCCCCCC(O)(c1ccc(OC(F)(F)F)cc1)c1cncnc1. The predicted octanol–water partition coefficient (Wildman–Crippen LogP) is 5.75. The van der Waals surface area contributed by atoms with Crippen molar-refractivity contribution in [3.05, 3.63) is 54.1 Å². The summed E-state index contributed by atoms with van der Waals surface area (Å²) in [6, 6.07) is 5.33. The molecule has 0 amide bonds. The smallest absolute Gasteiger partial charge is 0.406 e. The molecule has 0 aliphatic rings. The van der Waals surface area contributed by atoms with Gasteiger partial charge in [-0.05, 0) is 30.5 Å². The van der Waals surface area contributed by atoms with Crippen LogP contribution in [0.2, 0.25) is 0 Å². The molecule has 0 saturated carbocycles. The van der Waals surface area contributed by atoms with Crippen molar-refractivity contribution in [1.29, 1.82) is 0 Å². The van der Waals surface area contributed by atoms with E-state index in [9.17, 15) is 18.3 Å². The van der Waals surface area contributed by atoms with Gasteiger partial charge >= 0.3 is 6.36 Å². The third-order valence-electron chi connectivity index (χ3n) is 4.75. The Bertz CT molecular complexity index is 693. The van der Waals surface area contributed by atoms with Gasteiger partial charge in [0.25, 0.3) is 0 Å².